The summed E-state index contributed by atoms with van der Waals surface area (Å²) in [6.45, 7) is 0. The molecule has 0 saturated heterocycles. The van der Waals surface area contributed by atoms with Crippen LogP contribution in [0, 0.1) is 0 Å². The van der Waals surface area contributed by atoms with E-state index in [0.29, 0.717) is 5.06 Å². The lowest BCUT2D eigenvalue weighted by atomic mass is 10.3. The molecule has 0 atom stereocenters. The van der Waals surface area contributed by atoms with E-state index < -0.39 is 0 Å². The van der Waals surface area contributed by atoms with Crippen LogP contribution in [0.2, 0.25) is 0 Å². The average Bonchev–Trinajstić information content (AvgIpc) is 2.82. The van der Waals surface area contributed by atoms with Gasteiger partial charge in [-0.25, -0.2) is 4.98 Å². The van der Waals surface area contributed by atoms with Crippen LogP contribution < -0.4 is 0 Å². The van der Waals surface area contributed by atoms with E-state index in [1.165, 1.54) is 16.0 Å². The van der Waals surface area contributed by atoms with Crippen LogP contribution in [-0.2, 0) is 0 Å². The summed E-state index contributed by atoms with van der Waals surface area (Å²) in [6.07, 6.45) is 0. The zero-order valence-corrected chi connectivity index (χ0v) is 9.31. The van der Waals surface area contributed by atoms with Gasteiger partial charge in [0.15, 0.2) is 5.06 Å². The van der Waals surface area contributed by atoms with Gasteiger partial charge in [-0.2, -0.15) is 0 Å². The molecular formula is C11H7NOS2. The zero-order chi connectivity index (χ0) is 10.3. The molecule has 4 heteroatoms. The fraction of sp³-hybridized carbons (Fsp3) is 0. The minimum atomic E-state index is 0.337. The molecule has 1 aromatic carbocycles. The lowest BCUT2D eigenvalue weighted by molar-refractivity contribution is 0.491. The van der Waals surface area contributed by atoms with Crippen molar-refractivity contribution in [1.82, 2.24) is 4.98 Å². The van der Waals surface area contributed by atoms with Gasteiger partial charge in [-0.15, -0.1) is 11.3 Å². The van der Waals surface area contributed by atoms with Gasteiger partial charge in [0.1, 0.15) is 5.01 Å². The minimum Gasteiger partial charge on any atom is -0.499 e. The number of rotatable bonds is 1. The molecule has 0 saturated carbocycles. The number of aromatic hydroxyl groups is 1. The highest BCUT2D eigenvalue weighted by molar-refractivity contribution is 7.26. The molecular weight excluding hydrogens is 226 g/mol. The summed E-state index contributed by atoms with van der Waals surface area (Å²) >= 11 is 3.01. The van der Waals surface area contributed by atoms with E-state index in [1.807, 2.05) is 24.3 Å². The van der Waals surface area contributed by atoms with E-state index >= 15 is 0 Å². The van der Waals surface area contributed by atoms with Crippen molar-refractivity contribution < 1.29 is 5.11 Å². The highest BCUT2D eigenvalue weighted by Gasteiger charge is 2.07. The second-order valence-electron chi connectivity index (χ2n) is 3.12. The standard InChI is InChI=1S/C11H7NOS2/c13-10-6-5-9(14-10)11-12-7-3-1-2-4-8(7)15-11/h1-6,13H. The average molecular weight is 233 g/mol. The van der Waals surface area contributed by atoms with Gasteiger partial charge in [-0.3, -0.25) is 0 Å². The zero-order valence-electron chi connectivity index (χ0n) is 7.68. The SMILES string of the molecule is Oc1ccc(-c2nc3ccccc3s2)s1. The Morgan fingerprint density at radius 3 is 2.60 bits per heavy atom. The first-order chi connectivity index (χ1) is 7.33. The van der Waals surface area contributed by atoms with Gasteiger partial charge in [0.2, 0.25) is 0 Å². The normalized spacial score (nSPS) is 10.9. The number of nitrogens with zero attached hydrogens (tertiary/aromatic N) is 1. The predicted molar refractivity (Wildman–Crippen MR) is 64.6 cm³/mol. The fourth-order valence-corrected chi connectivity index (χ4v) is 3.19. The van der Waals surface area contributed by atoms with Gasteiger partial charge < -0.3 is 5.11 Å². The van der Waals surface area contributed by atoms with Gasteiger partial charge in [0, 0.05) is 0 Å². The Bertz CT molecular complexity index is 579. The number of benzene rings is 1. The maximum Gasteiger partial charge on any atom is 0.171 e. The molecule has 0 aliphatic heterocycles. The van der Waals surface area contributed by atoms with Gasteiger partial charge in [0.25, 0.3) is 0 Å². The number of aromatic nitrogens is 1. The molecule has 3 rings (SSSR count). The molecule has 0 radical (unpaired) electrons. The number of thiophene rings is 1. The van der Waals surface area contributed by atoms with Crippen molar-refractivity contribution in [2.24, 2.45) is 0 Å². The Morgan fingerprint density at radius 2 is 1.87 bits per heavy atom. The van der Waals surface area contributed by atoms with Gasteiger partial charge in [-0.1, -0.05) is 23.5 Å². The summed E-state index contributed by atoms with van der Waals surface area (Å²) in [7, 11) is 0. The molecule has 0 amide bonds. The molecule has 0 aliphatic rings. The fourth-order valence-electron chi connectivity index (χ4n) is 1.42. The van der Waals surface area contributed by atoms with Crippen molar-refractivity contribution in [3.05, 3.63) is 36.4 Å². The second kappa shape index (κ2) is 3.32. The smallest absolute Gasteiger partial charge is 0.171 e. The Balaban J connectivity index is 2.19. The topological polar surface area (TPSA) is 33.1 Å². The summed E-state index contributed by atoms with van der Waals surface area (Å²) < 4.78 is 1.18. The number of para-hydroxylation sites is 1. The van der Waals surface area contributed by atoms with Gasteiger partial charge in [-0.05, 0) is 24.3 Å². The Kier molecular flexibility index (Phi) is 1.97. The first-order valence-corrected chi connectivity index (χ1v) is 6.11. The largest absolute Gasteiger partial charge is 0.499 e. The molecule has 2 heterocycles. The molecule has 0 spiro atoms. The van der Waals surface area contributed by atoms with Crippen molar-refractivity contribution >= 4 is 32.9 Å². The van der Waals surface area contributed by atoms with Gasteiger partial charge in [0.05, 0.1) is 15.1 Å². The van der Waals surface area contributed by atoms with Crippen molar-refractivity contribution in [3.8, 4) is 14.9 Å². The first-order valence-electron chi connectivity index (χ1n) is 4.48. The summed E-state index contributed by atoms with van der Waals surface area (Å²) in [5.41, 5.74) is 1.02. The van der Waals surface area contributed by atoms with Crippen LogP contribution in [0.15, 0.2) is 36.4 Å². The van der Waals surface area contributed by atoms with Crippen LogP contribution in [0.3, 0.4) is 0 Å². The van der Waals surface area contributed by atoms with E-state index in [2.05, 4.69) is 11.1 Å². The number of fused-ring (bicyclic) bond motifs is 1. The molecule has 2 nitrogen and oxygen atoms in total. The predicted octanol–water partition coefficient (Wildman–Crippen LogP) is 3.73. The van der Waals surface area contributed by atoms with E-state index in [9.17, 15) is 5.11 Å². The van der Waals surface area contributed by atoms with Crippen LogP contribution in [-0.4, -0.2) is 10.1 Å². The summed E-state index contributed by atoms with van der Waals surface area (Å²) in [5.74, 6) is 0. The first kappa shape index (κ1) is 8.88. The van der Waals surface area contributed by atoms with E-state index in [0.717, 1.165) is 15.4 Å². The molecule has 0 bridgehead atoms. The highest BCUT2D eigenvalue weighted by Crippen LogP contribution is 2.36. The van der Waals surface area contributed by atoms with Crippen LogP contribution >= 0.6 is 22.7 Å². The maximum absolute atomic E-state index is 9.28. The third kappa shape index (κ3) is 1.52. The molecule has 15 heavy (non-hydrogen) atoms. The third-order valence-electron chi connectivity index (χ3n) is 2.10. The van der Waals surface area contributed by atoms with Crippen LogP contribution in [0.5, 0.6) is 5.06 Å². The van der Waals surface area contributed by atoms with E-state index in [-0.39, 0.29) is 0 Å². The molecule has 1 N–H and O–H groups in total. The molecule has 0 fully saturated rings. The van der Waals surface area contributed by atoms with E-state index in [4.69, 9.17) is 0 Å². The second-order valence-corrected chi connectivity index (χ2v) is 5.22. The van der Waals surface area contributed by atoms with Crippen molar-refractivity contribution in [2.45, 2.75) is 0 Å². The van der Waals surface area contributed by atoms with Crippen molar-refractivity contribution in [1.29, 1.82) is 0 Å². The monoisotopic (exact) mass is 233 g/mol. The van der Waals surface area contributed by atoms with Crippen LogP contribution in [0.1, 0.15) is 0 Å². The van der Waals surface area contributed by atoms with Gasteiger partial charge >= 0.3 is 0 Å². The summed E-state index contributed by atoms with van der Waals surface area (Å²) in [5, 5.41) is 10.6. The minimum absolute atomic E-state index is 0.337. The maximum atomic E-state index is 9.28. The summed E-state index contributed by atoms with van der Waals surface area (Å²) in [4.78, 5) is 5.54. The Hall–Kier alpha value is -1.39. The third-order valence-corrected chi connectivity index (χ3v) is 4.19. The number of hydrogen-bond acceptors (Lipinski definition) is 4. The van der Waals surface area contributed by atoms with E-state index in [1.54, 1.807) is 17.4 Å². The molecule has 74 valence electrons. The van der Waals surface area contributed by atoms with Crippen molar-refractivity contribution in [2.75, 3.05) is 0 Å². The lowest BCUT2D eigenvalue weighted by Crippen LogP contribution is -1.67. The molecule has 0 aliphatic carbocycles. The summed E-state index contributed by atoms with van der Waals surface area (Å²) in [6, 6.07) is 11.7. The van der Waals surface area contributed by atoms with Crippen molar-refractivity contribution in [3.63, 3.8) is 0 Å². The quantitative estimate of drug-likeness (QED) is 0.694. The lowest BCUT2D eigenvalue weighted by Gasteiger charge is -1.84. The molecule has 2 aromatic heterocycles. The number of hydrogen-bond donors (Lipinski definition) is 1. The highest BCUT2D eigenvalue weighted by atomic mass is 32.1. The molecule has 0 unspecified atom stereocenters. The van der Waals surface area contributed by atoms with Crippen LogP contribution in [0.25, 0.3) is 20.1 Å². The number of thiazole rings is 1. The molecule has 3 aromatic rings. The van der Waals surface area contributed by atoms with Crippen LogP contribution in [0.4, 0.5) is 0 Å². The Labute approximate surface area is 94.5 Å². The Morgan fingerprint density at radius 1 is 1.00 bits per heavy atom.